The Hall–Kier alpha value is -11.2. The molecule has 0 spiro atoms. The molecule has 6 saturated heterocycles. The van der Waals surface area contributed by atoms with Crippen LogP contribution in [0.2, 0.25) is 19.6 Å². The fraction of sp³-hybridized carbons (Fsp3) is 0.541. The van der Waals surface area contributed by atoms with Crippen molar-refractivity contribution in [3.8, 4) is 51.0 Å². The van der Waals surface area contributed by atoms with E-state index in [0.29, 0.717) is 95.2 Å². The number of esters is 2. The summed E-state index contributed by atoms with van der Waals surface area (Å²) in [6.07, 6.45) is 3.16. The van der Waals surface area contributed by atoms with Crippen molar-refractivity contribution >= 4 is 50.7 Å². The van der Waals surface area contributed by atoms with Crippen LogP contribution in [-0.2, 0) is 60.6 Å². The van der Waals surface area contributed by atoms with E-state index in [1.807, 2.05) is 146 Å². The molecule has 14 rings (SSSR count). The molecule has 0 bridgehead atoms. The van der Waals surface area contributed by atoms with Gasteiger partial charge in [-0.15, -0.1) is 0 Å². The SMILES string of the molecule is CCOC(=O)[C@@H]1CN(C(=O)OC(C)(C)C)C[C@H]1C.CCOC(=O)[C@@H]1CN(Cc2ccccc2)C[C@H]1C.COCN(Cc1ccccc1)C[Si](C)(C)C.C[C@@H]1CN(C#N)C[C@H]1c1cc(-c2cccc(-c3ccccc3)c2)n[nH]1.C[C@@H]1CN(C(=O)OC(C)(C)C)C[C@H]1C=O.C[C@@H]1CN(C(=O)OC(C)(C)C)C[C@H]1CO.C[C@@H]1CN(C(=O)OC(C)(C)C)C[C@H]1c1cc(-c2cccc(-c3ccccc3)c2)n[nH]1. The molecule has 6 fully saturated rings. The molecule has 0 aliphatic carbocycles. The molecule has 746 valence electrons. The standard InChI is InChI=1S/C25H29N3O2.C21H20N4.C15H21NO2.C13H23NO4.C13H23NOSi.C11H21NO3.C11H19NO3/c1-17-15-28(24(29)30-25(2,3)4)16-21(17)23-14-22(26-27-23)20-12-8-11-19(13-20)18-9-6-5-7-10-18;1-15-12-25(14-22)13-19(15)21-11-20(23-24-21)18-9-5-8-17(10-18)16-6-3-2-4-7-16;1-3-18-15(17)14-11-16(9-12(14)2)10-13-7-5-4-6-8-13;1-6-17-11(15)10-8-14(7-9(10)2)12(16)18-13(3,4)5;1-15-11-14(12-16(2,3)4)10-13-8-6-5-7-9-13;2*1-8-5-12(6-9(8)7-13)10(14)15-11(2,3)4/h5-14,17,21H,15-16H2,1-4H3,(H,26,27);2-11,15,19H,12-13H2,1H3,(H,23,24);4-8,12,14H,3,9-11H2,1-2H3;9-10H,6-8H2,1-5H3;5-9H,10-12H2,1-4H3;8-9,13H,5-7H2,1-4H3;7-9H,5-6H2,1-4H3/t17-,21-;15-,19-;12-,14-;9-,10-;;2*8-,9+/m1111.11/s1. The predicted molar refractivity (Wildman–Crippen MR) is 542 cm³/mol. The number of aldehydes is 1. The van der Waals surface area contributed by atoms with Gasteiger partial charge in [-0.1, -0.05) is 219 Å². The molecule has 137 heavy (non-hydrogen) atoms. The molecule has 6 aliphatic rings. The Morgan fingerprint density at radius 2 is 0.832 bits per heavy atom. The summed E-state index contributed by atoms with van der Waals surface area (Å²) in [4.78, 5) is 95.1. The molecule has 8 aromatic rings. The van der Waals surface area contributed by atoms with Crippen molar-refractivity contribution in [2.24, 2.45) is 59.2 Å². The first-order valence-electron chi connectivity index (χ1n) is 48.6. The summed E-state index contributed by atoms with van der Waals surface area (Å²) in [5, 5.41) is 33.7. The fourth-order valence-corrected chi connectivity index (χ4v) is 19.0. The average molecular weight is 1900 g/mol. The smallest absolute Gasteiger partial charge is 0.410 e. The Balaban J connectivity index is 0.000000200. The van der Waals surface area contributed by atoms with Crippen LogP contribution in [0.4, 0.5) is 19.2 Å². The molecule has 4 amide bonds. The highest BCUT2D eigenvalue weighted by Gasteiger charge is 2.42. The lowest BCUT2D eigenvalue weighted by molar-refractivity contribution is -0.149. The summed E-state index contributed by atoms with van der Waals surface area (Å²) in [7, 11) is 0.701. The van der Waals surface area contributed by atoms with Crippen molar-refractivity contribution in [2.45, 2.75) is 205 Å². The quantitative estimate of drug-likeness (QED) is 0.0159. The highest BCUT2D eigenvalue weighted by atomic mass is 28.3. The number of aromatic amines is 2. The normalized spacial score (nSPS) is 21.4. The first-order valence-corrected chi connectivity index (χ1v) is 52.3. The van der Waals surface area contributed by atoms with Gasteiger partial charge in [0.1, 0.15) is 28.7 Å². The number of hydrogen-bond donors (Lipinski definition) is 3. The number of nitrogens with one attached hydrogen (secondary N) is 2. The van der Waals surface area contributed by atoms with Gasteiger partial charge in [0.25, 0.3) is 0 Å². The summed E-state index contributed by atoms with van der Waals surface area (Å²) in [6, 6.07) is 62.8. The lowest BCUT2D eigenvalue weighted by atomic mass is 9.94. The number of amides is 4. The van der Waals surface area contributed by atoms with Gasteiger partial charge in [-0.25, -0.2) is 19.2 Å². The van der Waals surface area contributed by atoms with Crippen LogP contribution < -0.4 is 0 Å². The zero-order valence-electron chi connectivity index (χ0n) is 85.9. The van der Waals surface area contributed by atoms with Gasteiger partial charge in [-0.3, -0.25) is 29.6 Å². The first kappa shape index (κ1) is 111. The van der Waals surface area contributed by atoms with Crippen LogP contribution in [0, 0.1) is 70.6 Å². The predicted octanol–water partition coefficient (Wildman–Crippen LogP) is 20.5. The van der Waals surface area contributed by atoms with E-state index in [9.17, 15) is 33.6 Å². The van der Waals surface area contributed by atoms with Crippen molar-refractivity contribution in [3.05, 3.63) is 205 Å². The first-order chi connectivity index (χ1) is 64.7. The van der Waals surface area contributed by atoms with Crippen molar-refractivity contribution in [1.82, 2.24) is 54.7 Å². The maximum atomic E-state index is 12.5. The number of benzene rings is 6. The van der Waals surface area contributed by atoms with Crippen LogP contribution in [0.5, 0.6) is 0 Å². The van der Waals surface area contributed by atoms with Gasteiger partial charge in [-0.2, -0.15) is 15.5 Å². The van der Waals surface area contributed by atoms with E-state index in [4.69, 9.17) is 43.5 Å². The van der Waals surface area contributed by atoms with Gasteiger partial charge in [-0.05, 0) is 196 Å². The zero-order valence-corrected chi connectivity index (χ0v) is 86.9. The van der Waals surface area contributed by atoms with E-state index in [-0.39, 0.29) is 84.3 Å². The highest BCUT2D eigenvalue weighted by Crippen LogP contribution is 2.38. The number of ether oxygens (including phenoxy) is 7. The average Bonchev–Trinajstić information content (AvgIpc) is 1.85. The zero-order chi connectivity index (χ0) is 101. The fourth-order valence-electron chi connectivity index (χ4n) is 17.5. The van der Waals surface area contributed by atoms with Gasteiger partial charge < -0.3 is 67.6 Å². The molecule has 0 unspecified atom stereocenters. The number of aliphatic hydroxyl groups is 1. The van der Waals surface area contributed by atoms with Gasteiger partial charge in [0.15, 0.2) is 6.19 Å². The van der Waals surface area contributed by atoms with E-state index in [1.165, 1.54) is 39.5 Å². The number of aliphatic hydroxyl groups excluding tert-OH is 1. The Bertz CT molecular complexity index is 5100. The number of carbonyl (C=O) groups is 7. The summed E-state index contributed by atoms with van der Waals surface area (Å²) >= 11 is 0. The number of methoxy groups -OCH3 is 1. The topological polar surface area (TPSA) is 308 Å². The highest BCUT2D eigenvalue weighted by molar-refractivity contribution is 6.76. The molecule has 8 heterocycles. The van der Waals surface area contributed by atoms with E-state index in [0.717, 1.165) is 86.2 Å². The number of nitriles is 1. The number of nitrogens with zero attached hydrogens (tertiary/aromatic N) is 10. The summed E-state index contributed by atoms with van der Waals surface area (Å²) in [6.45, 7) is 57.1. The van der Waals surface area contributed by atoms with Crippen LogP contribution in [0.25, 0.3) is 44.8 Å². The lowest BCUT2D eigenvalue weighted by Crippen LogP contribution is -2.40. The molecule has 0 saturated carbocycles. The summed E-state index contributed by atoms with van der Waals surface area (Å²) in [5.41, 5.74) is 11.7. The van der Waals surface area contributed by atoms with Crippen LogP contribution in [-0.4, -0.2) is 251 Å². The van der Waals surface area contributed by atoms with Crippen molar-refractivity contribution in [3.63, 3.8) is 0 Å². The van der Waals surface area contributed by atoms with Crippen LogP contribution in [0.15, 0.2) is 182 Å². The molecule has 12 atom stereocenters. The second-order valence-corrected chi connectivity index (χ2v) is 48.0. The van der Waals surface area contributed by atoms with Gasteiger partial charge >= 0.3 is 36.3 Å². The monoisotopic (exact) mass is 1900 g/mol. The number of carbonyl (C=O) groups excluding carboxylic acids is 7. The third-order valence-corrected chi connectivity index (χ3v) is 25.7. The molecule has 0 radical (unpaired) electrons. The second-order valence-electron chi connectivity index (χ2n) is 42.5. The largest absolute Gasteiger partial charge is 0.466 e. The minimum atomic E-state index is -1.07. The number of hydrogen-bond acceptors (Lipinski definition) is 21. The van der Waals surface area contributed by atoms with E-state index < -0.39 is 30.5 Å². The van der Waals surface area contributed by atoms with Crippen molar-refractivity contribution in [1.29, 1.82) is 5.26 Å². The minimum absolute atomic E-state index is 0.0358. The number of rotatable bonds is 20. The molecule has 6 aliphatic heterocycles. The van der Waals surface area contributed by atoms with Crippen LogP contribution >= 0.6 is 0 Å². The van der Waals surface area contributed by atoms with E-state index in [2.05, 4.69) is 228 Å². The Morgan fingerprint density at radius 3 is 1.24 bits per heavy atom. The molecule has 27 nitrogen and oxygen atoms in total. The molecule has 2 aromatic heterocycles. The van der Waals surface area contributed by atoms with Gasteiger partial charge in [0, 0.05) is 152 Å². The number of aromatic nitrogens is 4. The molecule has 3 N–H and O–H groups in total. The minimum Gasteiger partial charge on any atom is -0.466 e. The summed E-state index contributed by atoms with van der Waals surface area (Å²) < 4.78 is 36.7. The van der Waals surface area contributed by atoms with Gasteiger partial charge in [0.05, 0.1) is 51.2 Å². The Morgan fingerprint density at radius 1 is 0.453 bits per heavy atom. The number of likely N-dealkylation sites (tertiary alicyclic amines) is 6. The summed E-state index contributed by atoms with van der Waals surface area (Å²) in [5.74, 6) is 2.08. The second kappa shape index (κ2) is 52.0. The molecule has 6 aromatic carbocycles. The third kappa shape index (κ3) is 36.6. The maximum absolute atomic E-state index is 12.5. The van der Waals surface area contributed by atoms with Crippen LogP contribution in [0.1, 0.15) is 173 Å². The van der Waals surface area contributed by atoms with E-state index in [1.54, 1.807) is 33.6 Å². The molecule has 28 heteroatoms. The molecular weight excluding hydrogens is 1750 g/mol. The Kier molecular flexibility index (Phi) is 42.1. The van der Waals surface area contributed by atoms with Crippen molar-refractivity contribution < 1.29 is 71.8 Å². The lowest BCUT2D eigenvalue weighted by Gasteiger charge is -2.28. The third-order valence-electron chi connectivity index (χ3n) is 24.3. The number of H-pyrrole nitrogens is 2. The van der Waals surface area contributed by atoms with Gasteiger partial charge in [0.2, 0.25) is 0 Å². The van der Waals surface area contributed by atoms with E-state index >= 15 is 0 Å². The maximum Gasteiger partial charge on any atom is 0.410 e. The van der Waals surface area contributed by atoms with Crippen molar-refractivity contribution in [2.75, 3.05) is 118 Å². The molecular formula is C109H156N12O15Si. The van der Waals surface area contributed by atoms with Crippen LogP contribution in [0.3, 0.4) is 0 Å². The Labute approximate surface area is 816 Å².